The Morgan fingerprint density at radius 3 is 2.45 bits per heavy atom. The molecule has 0 radical (unpaired) electrons. The molecule has 0 aliphatic carbocycles. The third-order valence-electron chi connectivity index (χ3n) is 3.05. The topological polar surface area (TPSA) is 78.0 Å². The minimum atomic E-state index is -5.83. The lowest BCUT2D eigenvalue weighted by Crippen LogP contribution is -2.28. The Hall–Kier alpha value is -1.75. The molecule has 0 saturated carbocycles. The van der Waals surface area contributed by atoms with Crippen molar-refractivity contribution in [1.29, 1.82) is 0 Å². The van der Waals surface area contributed by atoms with Crippen LogP contribution in [0.1, 0.15) is 11.3 Å². The summed E-state index contributed by atoms with van der Waals surface area (Å²) in [5.74, 6) is -0.510. The molecule has 0 unspecified atom stereocenters. The zero-order valence-electron chi connectivity index (χ0n) is 11.9. The average molecular weight is 342 g/mol. The second kappa shape index (κ2) is 5.47. The molecule has 124 valence electrons. The van der Waals surface area contributed by atoms with Crippen molar-refractivity contribution in [3.8, 4) is 11.5 Å². The van der Waals surface area contributed by atoms with Crippen LogP contribution in [0.15, 0.2) is 0 Å². The van der Waals surface area contributed by atoms with Gasteiger partial charge in [0, 0.05) is 19.2 Å². The molecule has 22 heavy (non-hydrogen) atoms. The summed E-state index contributed by atoms with van der Waals surface area (Å²) in [6.07, 6.45) is 0.266. The fourth-order valence-electron chi connectivity index (χ4n) is 2.03. The van der Waals surface area contributed by atoms with Gasteiger partial charge in [-0.2, -0.15) is 26.5 Å². The number of fused-ring (bicyclic) bond motifs is 1. The first-order valence-corrected chi connectivity index (χ1v) is 7.45. The second-order valence-electron chi connectivity index (χ2n) is 4.56. The lowest BCUT2D eigenvalue weighted by molar-refractivity contribution is -0.179. The molecule has 0 fully saturated rings. The highest BCUT2D eigenvalue weighted by Crippen LogP contribution is 2.43. The van der Waals surface area contributed by atoms with Crippen molar-refractivity contribution >= 4 is 15.9 Å². The number of hydrogen-bond acceptors (Lipinski definition) is 7. The van der Waals surface area contributed by atoms with Crippen molar-refractivity contribution in [3.05, 3.63) is 11.3 Å². The molecule has 0 N–H and O–H groups in total. The smallest absolute Gasteiger partial charge is 0.371 e. The zero-order chi connectivity index (χ0) is 16.7. The largest absolute Gasteiger partial charge is 0.534 e. The van der Waals surface area contributed by atoms with Gasteiger partial charge in [0.05, 0.1) is 12.8 Å². The van der Waals surface area contributed by atoms with E-state index < -0.39 is 21.4 Å². The van der Waals surface area contributed by atoms with Gasteiger partial charge in [0.1, 0.15) is 5.82 Å². The van der Waals surface area contributed by atoms with Gasteiger partial charge < -0.3 is 14.0 Å². The fraction of sp³-hybridized carbons (Fsp3) is 0.545. The predicted octanol–water partition coefficient (Wildman–Crippen LogP) is 1.55. The summed E-state index contributed by atoms with van der Waals surface area (Å²) in [6.45, 7) is 1.90. The normalized spacial score (nSPS) is 14.9. The van der Waals surface area contributed by atoms with Crippen molar-refractivity contribution < 1.29 is 35.5 Å². The molecule has 2 heterocycles. The van der Waals surface area contributed by atoms with E-state index >= 15 is 0 Å². The van der Waals surface area contributed by atoms with Gasteiger partial charge in [-0.25, -0.2) is 4.98 Å². The standard InChI is InChI=1S/C11H13F3N2O5S/c1-6-8(20-19-3)9(21-22(17,18)11(12,13)14)7-4-5-16(2)10(7)15-6/h4-5H2,1-3H3. The molecule has 0 bridgehead atoms. The fourth-order valence-corrected chi connectivity index (χ4v) is 2.52. The monoisotopic (exact) mass is 342 g/mol. The van der Waals surface area contributed by atoms with Gasteiger partial charge >= 0.3 is 15.6 Å². The van der Waals surface area contributed by atoms with Gasteiger partial charge in [0.25, 0.3) is 0 Å². The van der Waals surface area contributed by atoms with Gasteiger partial charge in [0.2, 0.25) is 5.75 Å². The van der Waals surface area contributed by atoms with Crippen molar-refractivity contribution in [2.24, 2.45) is 0 Å². The van der Waals surface area contributed by atoms with E-state index in [4.69, 9.17) is 4.89 Å². The number of likely N-dealkylation sites (N-methyl/N-ethyl adjacent to an activating group) is 1. The molecule has 2 rings (SSSR count). The van der Waals surface area contributed by atoms with Crippen LogP contribution in [-0.2, 0) is 21.4 Å². The molecule has 0 spiro atoms. The first-order chi connectivity index (χ1) is 10.1. The summed E-state index contributed by atoms with van der Waals surface area (Å²) in [6, 6.07) is 0. The van der Waals surface area contributed by atoms with E-state index in [1.807, 2.05) is 0 Å². The summed E-state index contributed by atoms with van der Waals surface area (Å²) >= 11 is 0. The molecule has 7 nitrogen and oxygen atoms in total. The molecule has 0 aromatic carbocycles. The van der Waals surface area contributed by atoms with Crippen LogP contribution in [0.25, 0.3) is 0 Å². The van der Waals surface area contributed by atoms with E-state index in [-0.39, 0.29) is 23.4 Å². The third-order valence-corrected chi connectivity index (χ3v) is 4.01. The number of aryl methyl sites for hydroxylation is 1. The van der Waals surface area contributed by atoms with Crippen LogP contribution in [0, 0.1) is 6.92 Å². The zero-order valence-corrected chi connectivity index (χ0v) is 12.7. The lowest BCUT2D eigenvalue weighted by atomic mass is 10.2. The predicted molar refractivity (Wildman–Crippen MR) is 69.2 cm³/mol. The molecule has 11 heteroatoms. The van der Waals surface area contributed by atoms with Crippen LogP contribution in [0.4, 0.5) is 19.0 Å². The van der Waals surface area contributed by atoms with E-state index in [9.17, 15) is 21.6 Å². The number of aromatic nitrogens is 1. The van der Waals surface area contributed by atoms with Gasteiger partial charge in [-0.1, -0.05) is 0 Å². The van der Waals surface area contributed by atoms with Gasteiger partial charge in [-0.3, -0.25) is 0 Å². The van der Waals surface area contributed by atoms with Crippen LogP contribution in [-0.4, -0.2) is 39.6 Å². The first-order valence-electron chi connectivity index (χ1n) is 6.04. The van der Waals surface area contributed by atoms with E-state index in [0.29, 0.717) is 12.4 Å². The molecule has 1 aliphatic heterocycles. The van der Waals surface area contributed by atoms with Crippen molar-refractivity contribution in [3.63, 3.8) is 0 Å². The molecule has 1 aliphatic rings. The number of halogens is 3. The van der Waals surface area contributed by atoms with Gasteiger partial charge in [-0.05, 0) is 13.3 Å². The number of nitrogens with zero attached hydrogens (tertiary/aromatic N) is 2. The number of hydrogen-bond donors (Lipinski definition) is 0. The second-order valence-corrected chi connectivity index (χ2v) is 6.10. The molecule has 0 amide bonds. The summed E-state index contributed by atoms with van der Waals surface area (Å²) in [4.78, 5) is 15.0. The Kier molecular flexibility index (Phi) is 4.13. The van der Waals surface area contributed by atoms with E-state index in [1.54, 1.807) is 11.9 Å². The number of rotatable bonds is 4. The van der Waals surface area contributed by atoms with Gasteiger partial charge in [-0.15, -0.1) is 0 Å². The van der Waals surface area contributed by atoms with Crippen LogP contribution in [0.2, 0.25) is 0 Å². The summed E-state index contributed by atoms with van der Waals surface area (Å²) in [5, 5.41) is 0. The Labute approximate surface area is 124 Å². The molecule has 1 aromatic heterocycles. The molecular formula is C11H13F3N2O5S. The number of anilines is 1. The van der Waals surface area contributed by atoms with Crippen molar-refractivity contribution in [1.82, 2.24) is 4.98 Å². The summed E-state index contributed by atoms with van der Waals surface area (Å²) < 4.78 is 64.5. The minimum Gasteiger partial charge on any atom is -0.371 e. The number of pyridine rings is 1. The Bertz CT molecular complexity index is 690. The highest BCUT2D eigenvalue weighted by Gasteiger charge is 2.49. The maximum atomic E-state index is 12.6. The SMILES string of the molecule is COOc1c(C)nc2c(c1OS(=O)(=O)C(F)(F)F)CCN2C. The maximum Gasteiger partial charge on any atom is 0.534 e. The van der Waals surface area contributed by atoms with Gasteiger partial charge in [0.15, 0.2) is 5.75 Å². The minimum absolute atomic E-state index is 0.140. The molecular weight excluding hydrogens is 329 g/mol. The molecule has 1 aromatic rings. The quantitative estimate of drug-likeness (QED) is 0.355. The number of alkyl halides is 3. The molecule has 0 saturated heterocycles. The molecule has 0 atom stereocenters. The van der Waals surface area contributed by atoms with Crippen LogP contribution < -0.4 is 14.0 Å². The summed E-state index contributed by atoms with van der Waals surface area (Å²) in [7, 11) is -3.03. The first kappa shape index (κ1) is 16.6. The van der Waals surface area contributed by atoms with Crippen molar-refractivity contribution in [2.75, 3.05) is 25.6 Å². The Morgan fingerprint density at radius 1 is 1.27 bits per heavy atom. The lowest BCUT2D eigenvalue weighted by Gasteiger charge is -2.17. The highest BCUT2D eigenvalue weighted by atomic mass is 32.2. The average Bonchev–Trinajstić information content (AvgIpc) is 2.74. The van der Waals surface area contributed by atoms with Crippen molar-refractivity contribution in [2.45, 2.75) is 18.9 Å². The third kappa shape index (κ3) is 2.77. The van der Waals surface area contributed by atoms with E-state index in [1.165, 1.54) is 6.92 Å². The van der Waals surface area contributed by atoms with E-state index in [2.05, 4.69) is 14.1 Å². The highest BCUT2D eigenvalue weighted by molar-refractivity contribution is 7.88. The Balaban J connectivity index is 2.61. The summed E-state index contributed by atoms with van der Waals surface area (Å²) in [5.41, 5.74) is -5.19. The van der Waals surface area contributed by atoms with E-state index in [0.717, 1.165) is 7.11 Å². The van der Waals surface area contributed by atoms with Crippen LogP contribution in [0.5, 0.6) is 11.5 Å². The van der Waals surface area contributed by atoms with Crippen LogP contribution in [0.3, 0.4) is 0 Å². The Morgan fingerprint density at radius 2 is 1.91 bits per heavy atom. The van der Waals surface area contributed by atoms with Crippen LogP contribution >= 0.6 is 0 Å². The maximum absolute atomic E-state index is 12.6.